The molecular formula is C22H16F3N3O. The molecule has 2 N–H and O–H groups in total. The van der Waals surface area contributed by atoms with Crippen molar-refractivity contribution in [2.75, 3.05) is 4.90 Å². The highest BCUT2D eigenvalue weighted by Crippen LogP contribution is 2.47. The average Bonchev–Trinajstić information content (AvgIpc) is 2.69. The minimum absolute atomic E-state index is 0.00624. The summed E-state index contributed by atoms with van der Waals surface area (Å²) in [6, 6.07) is 10.8. The Morgan fingerprint density at radius 3 is 2.31 bits per heavy atom. The second-order valence-corrected chi connectivity index (χ2v) is 6.94. The molecule has 1 heterocycles. The van der Waals surface area contributed by atoms with Crippen molar-refractivity contribution >= 4 is 11.5 Å². The summed E-state index contributed by atoms with van der Waals surface area (Å²) in [5.74, 6) is -3.33. The first kappa shape index (κ1) is 18.8. The van der Waals surface area contributed by atoms with Crippen molar-refractivity contribution < 1.29 is 18.0 Å². The van der Waals surface area contributed by atoms with Gasteiger partial charge in [0.25, 0.3) is 0 Å². The van der Waals surface area contributed by atoms with Crippen molar-refractivity contribution in [3.05, 3.63) is 88.1 Å². The fraction of sp³-hybridized carbons (Fsp3) is 0.182. The lowest BCUT2D eigenvalue weighted by Crippen LogP contribution is -2.39. The molecule has 1 unspecified atom stereocenters. The van der Waals surface area contributed by atoms with Crippen LogP contribution in [0.15, 0.2) is 65.1 Å². The average molecular weight is 395 g/mol. The van der Waals surface area contributed by atoms with Crippen LogP contribution in [0.4, 0.5) is 18.9 Å². The van der Waals surface area contributed by atoms with Gasteiger partial charge in [0.15, 0.2) is 5.78 Å². The van der Waals surface area contributed by atoms with Crippen LogP contribution in [-0.2, 0) is 4.79 Å². The van der Waals surface area contributed by atoms with Gasteiger partial charge in [-0.3, -0.25) is 9.69 Å². The van der Waals surface area contributed by atoms with Crippen molar-refractivity contribution in [2.24, 2.45) is 5.73 Å². The molecule has 0 saturated carbocycles. The zero-order valence-corrected chi connectivity index (χ0v) is 15.3. The summed E-state index contributed by atoms with van der Waals surface area (Å²) in [5, 5.41) is 9.82. The second-order valence-electron chi connectivity index (χ2n) is 6.94. The molecule has 0 aromatic heterocycles. The third-order valence-electron chi connectivity index (χ3n) is 5.28. The number of benzene rings is 2. The molecular weight excluding hydrogens is 379 g/mol. The van der Waals surface area contributed by atoms with Gasteiger partial charge in [0.05, 0.1) is 17.6 Å². The number of ketones is 1. The number of hydrogen-bond acceptors (Lipinski definition) is 4. The fourth-order valence-electron chi connectivity index (χ4n) is 4.03. The van der Waals surface area contributed by atoms with Crippen LogP contribution in [0.3, 0.4) is 0 Å². The Kier molecular flexibility index (Phi) is 4.63. The number of Topliss-reactive ketones (excluding diaryl/α,β-unsaturated/α-hetero) is 1. The van der Waals surface area contributed by atoms with Crippen LogP contribution in [0.5, 0.6) is 0 Å². The van der Waals surface area contributed by atoms with Gasteiger partial charge in [0.2, 0.25) is 0 Å². The number of nitrogens with two attached hydrogens (primary N) is 1. The van der Waals surface area contributed by atoms with E-state index in [-0.39, 0.29) is 29.2 Å². The summed E-state index contributed by atoms with van der Waals surface area (Å²) < 4.78 is 42.6. The summed E-state index contributed by atoms with van der Waals surface area (Å²) in [5.41, 5.74) is 6.98. The van der Waals surface area contributed by atoms with Gasteiger partial charge in [0, 0.05) is 17.7 Å². The molecule has 0 fully saturated rings. The molecule has 2 aliphatic rings. The Balaban J connectivity index is 2.01. The molecule has 2 aromatic carbocycles. The topological polar surface area (TPSA) is 70.1 Å². The van der Waals surface area contributed by atoms with Gasteiger partial charge < -0.3 is 5.73 Å². The second kappa shape index (κ2) is 7.13. The van der Waals surface area contributed by atoms with E-state index < -0.39 is 29.1 Å². The molecule has 0 radical (unpaired) electrons. The first-order chi connectivity index (χ1) is 13.9. The number of para-hydroxylation sites is 1. The van der Waals surface area contributed by atoms with E-state index >= 15 is 0 Å². The summed E-state index contributed by atoms with van der Waals surface area (Å²) in [7, 11) is 0. The molecule has 4 rings (SSSR count). The SMILES string of the molecule is N#CC1=C(N)N(c2c(F)cccc2F)C2=C(C(=O)CCC2)C1c1ccc(F)cc1. The van der Waals surface area contributed by atoms with Crippen LogP contribution >= 0.6 is 0 Å². The van der Waals surface area contributed by atoms with Gasteiger partial charge in [0.1, 0.15) is 29.0 Å². The molecule has 1 aliphatic carbocycles. The molecule has 0 saturated heterocycles. The molecule has 1 atom stereocenters. The lowest BCUT2D eigenvalue weighted by Gasteiger charge is -2.39. The summed E-state index contributed by atoms with van der Waals surface area (Å²) >= 11 is 0. The van der Waals surface area contributed by atoms with Crippen molar-refractivity contribution in [3.63, 3.8) is 0 Å². The third kappa shape index (κ3) is 2.97. The van der Waals surface area contributed by atoms with Gasteiger partial charge in [-0.2, -0.15) is 5.26 Å². The highest BCUT2D eigenvalue weighted by molar-refractivity contribution is 6.01. The number of nitrogens with zero attached hydrogens (tertiary/aromatic N) is 2. The van der Waals surface area contributed by atoms with E-state index in [1.807, 2.05) is 6.07 Å². The zero-order valence-electron chi connectivity index (χ0n) is 15.3. The van der Waals surface area contributed by atoms with Gasteiger partial charge in [-0.1, -0.05) is 18.2 Å². The Bertz CT molecular complexity index is 1090. The van der Waals surface area contributed by atoms with Crippen molar-refractivity contribution in [3.8, 4) is 6.07 Å². The normalized spacial score (nSPS) is 19.3. The minimum Gasteiger partial charge on any atom is -0.384 e. The molecule has 2 aromatic rings. The number of allylic oxidation sites excluding steroid dienone is 3. The maximum Gasteiger partial charge on any atom is 0.161 e. The lowest BCUT2D eigenvalue weighted by molar-refractivity contribution is -0.116. The van der Waals surface area contributed by atoms with E-state index in [4.69, 9.17) is 5.73 Å². The van der Waals surface area contributed by atoms with E-state index in [0.29, 0.717) is 24.1 Å². The minimum atomic E-state index is -0.852. The first-order valence-corrected chi connectivity index (χ1v) is 9.09. The summed E-state index contributed by atoms with van der Waals surface area (Å²) in [4.78, 5) is 14.0. The molecule has 29 heavy (non-hydrogen) atoms. The largest absolute Gasteiger partial charge is 0.384 e. The van der Waals surface area contributed by atoms with Crippen LogP contribution in [-0.4, -0.2) is 5.78 Å². The Hall–Kier alpha value is -3.53. The van der Waals surface area contributed by atoms with Crippen LogP contribution < -0.4 is 10.6 Å². The number of anilines is 1. The molecule has 0 amide bonds. The Morgan fingerprint density at radius 2 is 1.69 bits per heavy atom. The van der Waals surface area contributed by atoms with Crippen LogP contribution in [0.25, 0.3) is 0 Å². The highest BCUT2D eigenvalue weighted by Gasteiger charge is 2.41. The van der Waals surface area contributed by atoms with Crippen LogP contribution in [0, 0.1) is 28.8 Å². The van der Waals surface area contributed by atoms with E-state index in [9.17, 15) is 23.2 Å². The van der Waals surface area contributed by atoms with Gasteiger partial charge in [-0.25, -0.2) is 13.2 Å². The quantitative estimate of drug-likeness (QED) is 0.818. The van der Waals surface area contributed by atoms with Crippen molar-refractivity contribution in [1.29, 1.82) is 5.26 Å². The monoisotopic (exact) mass is 395 g/mol. The number of rotatable bonds is 2. The predicted octanol–water partition coefficient (Wildman–Crippen LogP) is 4.41. The number of halogens is 3. The van der Waals surface area contributed by atoms with E-state index in [1.54, 1.807) is 0 Å². The fourth-order valence-corrected chi connectivity index (χ4v) is 4.03. The summed E-state index contributed by atoms with van der Waals surface area (Å²) in [6.45, 7) is 0. The molecule has 4 nitrogen and oxygen atoms in total. The highest BCUT2D eigenvalue weighted by atomic mass is 19.1. The van der Waals surface area contributed by atoms with E-state index in [0.717, 1.165) is 17.0 Å². The van der Waals surface area contributed by atoms with Crippen LogP contribution in [0.1, 0.15) is 30.7 Å². The van der Waals surface area contributed by atoms with Crippen molar-refractivity contribution in [2.45, 2.75) is 25.2 Å². The van der Waals surface area contributed by atoms with Gasteiger partial charge in [-0.15, -0.1) is 0 Å². The molecule has 0 bridgehead atoms. The zero-order chi connectivity index (χ0) is 20.7. The number of nitriles is 1. The van der Waals surface area contributed by atoms with Crippen LogP contribution in [0.2, 0.25) is 0 Å². The van der Waals surface area contributed by atoms with E-state index in [1.165, 1.54) is 30.3 Å². The molecule has 7 heteroatoms. The molecule has 1 aliphatic heterocycles. The Morgan fingerprint density at radius 1 is 1.03 bits per heavy atom. The Labute approximate surface area is 165 Å². The third-order valence-corrected chi connectivity index (χ3v) is 5.28. The number of carbonyl (C=O) groups is 1. The summed E-state index contributed by atoms with van der Waals surface area (Å²) in [6.07, 6.45) is 1.12. The van der Waals surface area contributed by atoms with Crippen molar-refractivity contribution in [1.82, 2.24) is 0 Å². The van der Waals surface area contributed by atoms with Gasteiger partial charge >= 0.3 is 0 Å². The maximum atomic E-state index is 14.6. The van der Waals surface area contributed by atoms with Gasteiger partial charge in [-0.05, 0) is 42.7 Å². The maximum absolute atomic E-state index is 14.6. The standard InChI is InChI=1S/C22H16F3N3O/c23-13-9-7-12(8-10-13)19-14(11-26)22(27)28(17-5-2-6-18(29)20(17)19)21-15(24)3-1-4-16(21)25/h1,3-4,7-10,19H,2,5-6,27H2. The predicted molar refractivity (Wildman–Crippen MR) is 101 cm³/mol. The molecule has 146 valence electrons. The molecule has 0 spiro atoms. The lowest BCUT2D eigenvalue weighted by atomic mass is 9.75. The smallest absolute Gasteiger partial charge is 0.161 e. The van der Waals surface area contributed by atoms with E-state index in [2.05, 4.69) is 0 Å². The first-order valence-electron chi connectivity index (χ1n) is 9.09. The number of carbonyl (C=O) groups excluding carboxylic acids is 1. The number of hydrogen-bond donors (Lipinski definition) is 1.